The van der Waals surface area contributed by atoms with Crippen molar-refractivity contribution in [3.8, 4) is 11.4 Å². The largest absolute Gasteiger partial charge is 0.372 e. The smallest absolute Gasteiger partial charge is 0.253 e. The predicted molar refractivity (Wildman–Crippen MR) is 176 cm³/mol. The van der Waals surface area contributed by atoms with Gasteiger partial charge in [-0.1, -0.05) is 34.1 Å². The van der Waals surface area contributed by atoms with Crippen molar-refractivity contribution in [1.82, 2.24) is 19.4 Å². The second-order valence-electron chi connectivity index (χ2n) is 13.4. The normalized spacial score (nSPS) is 16.3. The van der Waals surface area contributed by atoms with Gasteiger partial charge in [-0.25, -0.2) is 4.98 Å². The molecule has 6 nitrogen and oxygen atoms in total. The molecule has 1 aromatic heterocycles. The number of nitrogens with zero attached hydrogens (tertiary/aromatic N) is 5. The predicted octanol–water partition coefficient (Wildman–Crippen LogP) is 7.71. The van der Waals surface area contributed by atoms with E-state index in [0.717, 1.165) is 86.5 Å². The highest BCUT2D eigenvalue weighted by Gasteiger charge is 2.21. The Labute approximate surface area is 254 Å². The van der Waals surface area contributed by atoms with E-state index in [0.29, 0.717) is 11.8 Å². The van der Waals surface area contributed by atoms with Gasteiger partial charge in [0.1, 0.15) is 5.82 Å². The molecular weight excluding hydrogens is 518 g/mol. The SMILES string of the molecule is CC(C)CCN(CCC(C)C)C(=O)c1ccc2nc(-c3ccc(N4CCCC4)cc3)n(CCCN3CCCCC3)c2c1. The second kappa shape index (κ2) is 14.5. The Bertz CT molecular complexity index is 1270. The van der Waals surface area contributed by atoms with Crippen molar-refractivity contribution in [2.75, 3.05) is 50.7 Å². The van der Waals surface area contributed by atoms with E-state index in [2.05, 4.69) is 83.4 Å². The first kappa shape index (κ1) is 30.6. The molecule has 6 heteroatoms. The van der Waals surface area contributed by atoms with Gasteiger partial charge >= 0.3 is 0 Å². The number of hydrogen-bond acceptors (Lipinski definition) is 4. The molecule has 3 aromatic rings. The number of fused-ring (bicyclic) bond motifs is 1. The van der Waals surface area contributed by atoms with E-state index in [1.54, 1.807) is 0 Å². The summed E-state index contributed by atoms with van der Waals surface area (Å²) in [4.78, 5) is 26.2. The molecule has 0 bridgehead atoms. The average molecular weight is 572 g/mol. The molecule has 2 aliphatic heterocycles. The zero-order valence-corrected chi connectivity index (χ0v) is 26.7. The first-order valence-electron chi connectivity index (χ1n) is 16.8. The Morgan fingerprint density at radius 3 is 2.10 bits per heavy atom. The third kappa shape index (κ3) is 7.75. The van der Waals surface area contributed by atoms with E-state index in [-0.39, 0.29) is 5.91 Å². The van der Waals surface area contributed by atoms with Gasteiger partial charge in [0.15, 0.2) is 0 Å². The number of likely N-dealkylation sites (tertiary alicyclic amines) is 1. The maximum atomic E-state index is 13.9. The molecule has 0 saturated carbocycles. The summed E-state index contributed by atoms with van der Waals surface area (Å²) in [5, 5.41) is 0. The van der Waals surface area contributed by atoms with Crippen LogP contribution in [-0.4, -0.2) is 71.1 Å². The molecular formula is C36H53N5O. The van der Waals surface area contributed by atoms with Crippen LogP contribution in [0.15, 0.2) is 42.5 Å². The van der Waals surface area contributed by atoms with Gasteiger partial charge in [-0.05, 0) is 119 Å². The minimum atomic E-state index is 0.149. The molecule has 5 rings (SSSR count). The summed E-state index contributed by atoms with van der Waals surface area (Å²) in [5.74, 6) is 2.30. The summed E-state index contributed by atoms with van der Waals surface area (Å²) in [7, 11) is 0. The van der Waals surface area contributed by atoms with Crippen molar-refractivity contribution in [3.05, 3.63) is 48.0 Å². The zero-order valence-electron chi connectivity index (χ0n) is 26.7. The summed E-state index contributed by atoms with van der Waals surface area (Å²) in [6, 6.07) is 15.2. The van der Waals surface area contributed by atoms with E-state index in [4.69, 9.17) is 4.98 Å². The Hall–Kier alpha value is -2.86. The van der Waals surface area contributed by atoms with Crippen molar-refractivity contribution in [1.29, 1.82) is 0 Å². The standard InChI is InChI=1S/C36H53N5O/c1-28(2)17-25-40(26-18-29(3)4)36(42)31-13-16-33-34(27-31)41(24-10-21-38-19-6-5-7-20-38)35(37-33)30-11-14-32(15-12-30)39-22-8-9-23-39/h11-16,27-29H,5-10,17-26H2,1-4H3. The van der Waals surface area contributed by atoms with Crippen LogP contribution in [-0.2, 0) is 6.54 Å². The molecule has 1 amide bonds. The Morgan fingerprint density at radius 1 is 0.810 bits per heavy atom. The molecule has 2 saturated heterocycles. The van der Waals surface area contributed by atoms with Crippen molar-refractivity contribution in [3.63, 3.8) is 0 Å². The van der Waals surface area contributed by atoms with Gasteiger partial charge in [0, 0.05) is 49.5 Å². The van der Waals surface area contributed by atoms with Gasteiger partial charge in [-0.15, -0.1) is 0 Å². The summed E-state index contributed by atoms with van der Waals surface area (Å²) in [5.41, 5.74) is 5.28. The summed E-state index contributed by atoms with van der Waals surface area (Å²) in [6.07, 6.45) is 9.69. The van der Waals surface area contributed by atoms with Crippen LogP contribution in [0.5, 0.6) is 0 Å². The summed E-state index contributed by atoms with van der Waals surface area (Å²) in [6.45, 7) is 17.3. The van der Waals surface area contributed by atoms with Gasteiger partial charge in [-0.3, -0.25) is 4.79 Å². The first-order valence-corrected chi connectivity index (χ1v) is 16.8. The van der Waals surface area contributed by atoms with Crippen LogP contribution in [0.4, 0.5) is 5.69 Å². The molecule has 0 unspecified atom stereocenters. The number of carbonyl (C=O) groups excluding carboxylic acids is 1. The molecule has 228 valence electrons. The van der Waals surface area contributed by atoms with Crippen molar-refractivity contribution < 1.29 is 4.79 Å². The van der Waals surface area contributed by atoms with E-state index in [1.807, 2.05) is 6.07 Å². The van der Waals surface area contributed by atoms with Gasteiger partial charge < -0.3 is 19.3 Å². The fourth-order valence-corrected chi connectivity index (χ4v) is 6.46. The summed E-state index contributed by atoms with van der Waals surface area (Å²) >= 11 is 0. The topological polar surface area (TPSA) is 44.6 Å². The van der Waals surface area contributed by atoms with Crippen LogP contribution in [0.3, 0.4) is 0 Å². The van der Waals surface area contributed by atoms with Crippen LogP contribution in [0, 0.1) is 11.8 Å². The molecule has 0 spiro atoms. The lowest BCUT2D eigenvalue weighted by atomic mass is 10.1. The highest BCUT2D eigenvalue weighted by atomic mass is 16.2. The highest BCUT2D eigenvalue weighted by molar-refractivity contribution is 5.98. The number of hydrogen-bond donors (Lipinski definition) is 0. The van der Waals surface area contributed by atoms with Crippen LogP contribution < -0.4 is 4.90 Å². The number of rotatable bonds is 13. The van der Waals surface area contributed by atoms with Gasteiger partial charge in [0.25, 0.3) is 5.91 Å². The van der Waals surface area contributed by atoms with Crippen molar-refractivity contribution in [2.45, 2.75) is 85.6 Å². The number of piperidine rings is 1. The molecule has 2 aliphatic rings. The highest BCUT2D eigenvalue weighted by Crippen LogP contribution is 2.29. The molecule has 2 aromatic carbocycles. The Balaban J connectivity index is 1.44. The molecule has 0 atom stereocenters. The monoisotopic (exact) mass is 571 g/mol. The van der Waals surface area contributed by atoms with Crippen LogP contribution in [0.25, 0.3) is 22.4 Å². The zero-order chi connectivity index (χ0) is 29.5. The van der Waals surface area contributed by atoms with Crippen LogP contribution in [0.2, 0.25) is 0 Å². The van der Waals surface area contributed by atoms with Crippen molar-refractivity contribution >= 4 is 22.6 Å². The average Bonchev–Trinajstić information content (AvgIpc) is 3.66. The fraction of sp³-hybridized carbons (Fsp3) is 0.611. The van der Waals surface area contributed by atoms with E-state index >= 15 is 0 Å². The quantitative estimate of drug-likeness (QED) is 0.211. The maximum absolute atomic E-state index is 13.9. The molecule has 0 radical (unpaired) electrons. The Kier molecular flexibility index (Phi) is 10.6. The number of amides is 1. The number of aromatic nitrogens is 2. The number of aryl methyl sites for hydroxylation is 1. The van der Waals surface area contributed by atoms with Crippen LogP contribution in [0.1, 0.15) is 89.4 Å². The number of benzene rings is 2. The number of imidazole rings is 1. The lowest BCUT2D eigenvalue weighted by molar-refractivity contribution is 0.0741. The molecule has 3 heterocycles. The fourth-order valence-electron chi connectivity index (χ4n) is 6.46. The molecule has 0 N–H and O–H groups in total. The third-order valence-corrected chi connectivity index (χ3v) is 9.14. The third-order valence-electron chi connectivity index (χ3n) is 9.14. The number of carbonyl (C=O) groups is 1. The number of anilines is 1. The van der Waals surface area contributed by atoms with Crippen molar-refractivity contribution in [2.24, 2.45) is 11.8 Å². The molecule has 2 fully saturated rings. The second-order valence-corrected chi connectivity index (χ2v) is 13.4. The van der Waals surface area contributed by atoms with E-state index < -0.39 is 0 Å². The first-order chi connectivity index (χ1) is 20.4. The minimum Gasteiger partial charge on any atom is -0.372 e. The van der Waals surface area contributed by atoms with Gasteiger partial charge in [0.2, 0.25) is 0 Å². The lowest BCUT2D eigenvalue weighted by Gasteiger charge is -2.26. The maximum Gasteiger partial charge on any atom is 0.253 e. The van der Waals surface area contributed by atoms with Crippen LogP contribution >= 0.6 is 0 Å². The van der Waals surface area contributed by atoms with Gasteiger partial charge in [-0.2, -0.15) is 0 Å². The lowest BCUT2D eigenvalue weighted by Crippen LogP contribution is -2.34. The van der Waals surface area contributed by atoms with Gasteiger partial charge in [0.05, 0.1) is 11.0 Å². The van der Waals surface area contributed by atoms with E-state index in [1.165, 1.54) is 50.9 Å². The summed E-state index contributed by atoms with van der Waals surface area (Å²) < 4.78 is 2.38. The van der Waals surface area contributed by atoms with E-state index in [9.17, 15) is 4.79 Å². The minimum absolute atomic E-state index is 0.149. The molecule has 0 aliphatic carbocycles. The molecule has 42 heavy (non-hydrogen) atoms. The Morgan fingerprint density at radius 2 is 1.45 bits per heavy atom.